The fourth-order valence-electron chi connectivity index (χ4n) is 4.75. The number of nitrogens with zero attached hydrogens (tertiary/aromatic N) is 1. The second-order valence-electron chi connectivity index (χ2n) is 9.81. The zero-order chi connectivity index (χ0) is 24.0. The molecule has 0 aliphatic heterocycles. The molecule has 0 saturated carbocycles. The molecule has 7 nitrogen and oxygen atoms in total. The number of benzene rings is 2. The summed E-state index contributed by atoms with van der Waals surface area (Å²) in [5.74, 6) is 0.588. The summed E-state index contributed by atoms with van der Waals surface area (Å²) in [6, 6.07) is 10.3. The molecule has 174 valence electrons. The van der Waals surface area contributed by atoms with Gasteiger partial charge in [-0.3, -0.25) is 9.59 Å². The fourth-order valence-corrected chi connectivity index (χ4v) is 4.75. The number of nitrogens with one attached hydrogen (secondary N) is 2. The Labute approximate surface area is 196 Å². The highest BCUT2D eigenvalue weighted by atomic mass is 16.3. The Bertz CT molecular complexity index is 1520. The number of rotatable bonds is 3. The number of hydrogen-bond acceptors (Lipinski definition) is 5. The molecule has 7 heteroatoms. The molecule has 5 rings (SSSR count). The topological polar surface area (TPSA) is 108 Å². The first-order chi connectivity index (χ1) is 16.2. The van der Waals surface area contributed by atoms with Crippen molar-refractivity contribution in [2.45, 2.75) is 51.9 Å². The van der Waals surface area contributed by atoms with Gasteiger partial charge in [0, 0.05) is 45.5 Å². The number of para-hydroxylation sites is 1. The predicted molar refractivity (Wildman–Crippen MR) is 133 cm³/mol. The molecule has 0 spiro atoms. The van der Waals surface area contributed by atoms with E-state index in [1.54, 1.807) is 24.3 Å². The Morgan fingerprint density at radius 1 is 1.18 bits per heavy atom. The molecule has 0 saturated heterocycles. The van der Waals surface area contributed by atoms with Gasteiger partial charge in [0.1, 0.15) is 17.1 Å². The van der Waals surface area contributed by atoms with E-state index in [4.69, 9.17) is 4.42 Å². The van der Waals surface area contributed by atoms with Gasteiger partial charge in [-0.1, -0.05) is 39.0 Å². The first-order valence-corrected chi connectivity index (χ1v) is 11.5. The molecule has 34 heavy (non-hydrogen) atoms. The van der Waals surface area contributed by atoms with E-state index in [1.807, 2.05) is 26.8 Å². The van der Waals surface area contributed by atoms with Crippen LogP contribution < -0.4 is 11.0 Å². The Morgan fingerprint density at radius 3 is 2.74 bits per heavy atom. The highest BCUT2D eigenvalue weighted by molar-refractivity contribution is 6.07. The molecular weight excluding hydrogens is 430 g/mol. The monoisotopic (exact) mass is 457 g/mol. The second kappa shape index (κ2) is 8.17. The van der Waals surface area contributed by atoms with Gasteiger partial charge in [0.15, 0.2) is 0 Å². The van der Waals surface area contributed by atoms with E-state index in [0.717, 1.165) is 53.5 Å². The summed E-state index contributed by atoms with van der Waals surface area (Å²) in [4.78, 5) is 27.6. The molecule has 0 fully saturated rings. The third kappa shape index (κ3) is 3.77. The maximum Gasteiger partial charge on any atom is 0.272 e. The SMILES string of the molecule is CC(C)(C)c1cc2oc3c(c2c(/C=N/NC(=O)c2cc(=O)[nH]c4ccccc24)c1O)CCCC3. The summed E-state index contributed by atoms with van der Waals surface area (Å²) < 4.78 is 6.18. The van der Waals surface area contributed by atoms with Gasteiger partial charge < -0.3 is 14.5 Å². The maximum atomic E-state index is 12.9. The number of furan rings is 1. The van der Waals surface area contributed by atoms with Crippen LogP contribution >= 0.6 is 0 Å². The number of phenolic OH excluding ortho intramolecular Hbond substituents is 1. The molecule has 1 aliphatic carbocycles. The lowest BCUT2D eigenvalue weighted by atomic mass is 9.83. The van der Waals surface area contributed by atoms with Crippen molar-refractivity contribution in [3.05, 3.63) is 74.8 Å². The lowest BCUT2D eigenvalue weighted by Gasteiger charge is -2.21. The van der Waals surface area contributed by atoms with Crippen LogP contribution in [-0.2, 0) is 18.3 Å². The van der Waals surface area contributed by atoms with E-state index in [-0.39, 0.29) is 22.3 Å². The molecule has 3 N–H and O–H groups in total. The van der Waals surface area contributed by atoms with Crippen LogP contribution in [0.5, 0.6) is 5.75 Å². The molecular formula is C27H27N3O4. The summed E-state index contributed by atoms with van der Waals surface area (Å²) in [6.45, 7) is 6.08. The number of aryl methyl sites for hydroxylation is 2. The zero-order valence-electron chi connectivity index (χ0n) is 19.5. The third-order valence-electron chi connectivity index (χ3n) is 6.42. The number of phenols is 1. The van der Waals surface area contributed by atoms with Crippen LogP contribution in [0.15, 0.2) is 50.7 Å². The number of H-pyrrole nitrogens is 1. The number of carbonyl (C=O) groups is 1. The van der Waals surface area contributed by atoms with Gasteiger partial charge >= 0.3 is 0 Å². The standard InChI is InChI=1S/C27H27N3O4/c1-27(2,3)19-13-22-24(16-9-5-7-11-21(16)34-22)18(25(19)32)14-28-30-26(33)17-12-23(31)29-20-10-6-4-8-15(17)20/h4,6,8,10,12-14,32H,5,7,9,11H2,1-3H3,(H,29,31)(H,30,33)/b28-14+. The van der Waals surface area contributed by atoms with E-state index in [9.17, 15) is 14.7 Å². The predicted octanol–water partition coefficient (Wildman–Crippen LogP) is 4.92. The summed E-state index contributed by atoms with van der Waals surface area (Å²) in [6.07, 6.45) is 5.37. The highest BCUT2D eigenvalue weighted by Crippen LogP contribution is 2.42. The van der Waals surface area contributed by atoms with Gasteiger partial charge in [-0.25, -0.2) is 5.43 Å². The number of hydrazone groups is 1. The summed E-state index contributed by atoms with van der Waals surface area (Å²) in [5.41, 5.74) is 5.76. The van der Waals surface area contributed by atoms with Crippen LogP contribution in [0, 0.1) is 0 Å². The van der Waals surface area contributed by atoms with Crippen molar-refractivity contribution in [1.82, 2.24) is 10.4 Å². The second-order valence-corrected chi connectivity index (χ2v) is 9.81. The molecule has 4 aromatic rings. The summed E-state index contributed by atoms with van der Waals surface area (Å²) >= 11 is 0. The number of fused-ring (bicyclic) bond motifs is 4. The van der Waals surface area contributed by atoms with Gasteiger partial charge in [-0.2, -0.15) is 5.10 Å². The van der Waals surface area contributed by atoms with Crippen LogP contribution in [0.3, 0.4) is 0 Å². The van der Waals surface area contributed by atoms with E-state index in [2.05, 4.69) is 15.5 Å². The summed E-state index contributed by atoms with van der Waals surface area (Å²) in [5, 5.41) is 16.9. The average Bonchev–Trinajstić information content (AvgIpc) is 3.17. The first-order valence-electron chi connectivity index (χ1n) is 11.5. The van der Waals surface area contributed by atoms with Gasteiger partial charge in [0.25, 0.3) is 5.91 Å². The third-order valence-corrected chi connectivity index (χ3v) is 6.42. The Balaban J connectivity index is 1.57. The van der Waals surface area contributed by atoms with Crippen molar-refractivity contribution in [3.63, 3.8) is 0 Å². The minimum Gasteiger partial charge on any atom is -0.507 e. The quantitative estimate of drug-likeness (QED) is 0.300. The van der Waals surface area contributed by atoms with Crippen LogP contribution in [0.25, 0.3) is 21.9 Å². The Hall–Kier alpha value is -3.87. The van der Waals surface area contributed by atoms with Crippen molar-refractivity contribution in [1.29, 1.82) is 0 Å². The number of aromatic nitrogens is 1. The highest BCUT2D eigenvalue weighted by Gasteiger charge is 2.27. The number of hydrogen-bond donors (Lipinski definition) is 3. The molecule has 2 heterocycles. The minimum absolute atomic E-state index is 0.133. The molecule has 1 amide bonds. The van der Waals surface area contributed by atoms with Gasteiger partial charge in [0.05, 0.1) is 11.8 Å². The molecule has 0 radical (unpaired) electrons. The van der Waals surface area contributed by atoms with E-state index in [0.29, 0.717) is 16.5 Å². The maximum absolute atomic E-state index is 12.9. The van der Waals surface area contributed by atoms with Crippen molar-refractivity contribution >= 4 is 34.0 Å². The van der Waals surface area contributed by atoms with Crippen LogP contribution in [0.1, 0.15) is 66.4 Å². The lowest BCUT2D eigenvalue weighted by Crippen LogP contribution is -2.21. The normalized spacial score (nSPS) is 14.1. The first kappa shape index (κ1) is 21.9. The molecule has 0 unspecified atom stereocenters. The molecule has 0 bridgehead atoms. The Morgan fingerprint density at radius 2 is 1.94 bits per heavy atom. The van der Waals surface area contributed by atoms with Crippen LogP contribution in [0.4, 0.5) is 0 Å². The van der Waals surface area contributed by atoms with E-state index >= 15 is 0 Å². The number of pyridine rings is 1. The summed E-state index contributed by atoms with van der Waals surface area (Å²) in [7, 11) is 0. The van der Waals surface area contributed by atoms with Crippen molar-refractivity contribution in [2.75, 3.05) is 0 Å². The average molecular weight is 458 g/mol. The molecule has 0 atom stereocenters. The van der Waals surface area contributed by atoms with Gasteiger partial charge in [-0.05, 0) is 36.8 Å². The number of aromatic amines is 1. The molecule has 2 aromatic heterocycles. The zero-order valence-corrected chi connectivity index (χ0v) is 19.5. The van der Waals surface area contributed by atoms with Gasteiger partial charge in [-0.15, -0.1) is 0 Å². The lowest BCUT2D eigenvalue weighted by molar-refractivity contribution is 0.0956. The molecule has 2 aromatic carbocycles. The van der Waals surface area contributed by atoms with Gasteiger partial charge in [0.2, 0.25) is 5.56 Å². The smallest absolute Gasteiger partial charge is 0.272 e. The van der Waals surface area contributed by atoms with E-state index in [1.165, 1.54) is 12.3 Å². The largest absolute Gasteiger partial charge is 0.507 e. The molecule has 1 aliphatic rings. The minimum atomic E-state index is -0.504. The number of amides is 1. The number of aromatic hydroxyl groups is 1. The van der Waals surface area contributed by atoms with Crippen LogP contribution in [-0.4, -0.2) is 22.2 Å². The fraction of sp³-hybridized carbons (Fsp3) is 0.296. The number of carbonyl (C=O) groups excluding carboxylic acids is 1. The van der Waals surface area contributed by atoms with Crippen molar-refractivity contribution in [3.8, 4) is 5.75 Å². The van der Waals surface area contributed by atoms with Crippen LogP contribution in [0.2, 0.25) is 0 Å². The van der Waals surface area contributed by atoms with Crippen molar-refractivity contribution in [2.24, 2.45) is 5.10 Å². The van der Waals surface area contributed by atoms with E-state index < -0.39 is 5.91 Å². The van der Waals surface area contributed by atoms with Crippen molar-refractivity contribution < 1.29 is 14.3 Å². The Kier molecular flexibility index (Phi) is 5.27.